The van der Waals surface area contributed by atoms with Gasteiger partial charge in [0.2, 0.25) is 0 Å². The van der Waals surface area contributed by atoms with E-state index in [-0.39, 0.29) is 78.0 Å². The summed E-state index contributed by atoms with van der Waals surface area (Å²) in [6.45, 7) is 4.15. The van der Waals surface area contributed by atoms with Crippen LogP contribution >= 0.6 is 11.6 Å². The fourth-order valence-electron chi connectivity index (χ4n) is 4.37. The van der Waals surface area contributed by atoms with Crippen molar-refractivity contribution >= 4 is 23.3 Å². The molecule has 8 N–H and O–H groups in total. The number of aliphatic imine (C=N–C) groups is 1. The Labute approximate surface area is 268 Å². The maximum absolute atomic E-state index is 10.00. The molecule has 1 saturated carbocycles. The zero-order chi connectivity index (χ0) is 28.6. The molecule has 16 heteroatoms. The Kier molecular flexibility index (Phi) is 23.9. The van der Waals surface area contributed by atoms with Crippen LogP contribution in [0.4, 0.5) is 0 Å². The molecule has 1 saturated heterocycles. The van der Waals surface area contributed by atoms with Gasteiger partial charge in [-0.3, -0.25) is 4.99 Å². The van der Waals surface area contributed by atoms with Crippen molar-refractivity contribution in [1.29, 1.82) is 5.53 Å². The van der Waals surface area contributed by atoms with Gasteiger partial charge in [-0.25, -0.2) is 10.2 Å². The van der Waals surface area contributed by atoms with Crippen LogP contribution in [0.2, 0.25) is 0 Å². The van der Waals surface area contributed by atoms with E-state index < -0.39 is 6.29 Å². The summed E-state index contributed by atoms with van der Waals surface area (Å²) in [6.07, 6.45) is 10.2. The van der Waals surface area contributed by atoms with Gasteiger partial charge in [0, 0.05) is 33.9 Å². The normalized spacial score (nSPS) is 20.0. The number of rotatable bonds is 13. The van der Waals surface area contributed by atoms with E-state index in [4.69, 9.17) is 47.3 Å². The van der Waals surface area contributed by atoms with E-state index in [1.165, 1.54) is 12.8 Å². The summed E-state index contributed by atoms with van der Waals surface area (Å²) in [6, 6.07) is 0.288. The predicted molar refractivity (Wildman–Crippen MR) is 159 cm³/mol. The zero-order valence-corrected chi connectivity index (χ0v) is 28.7. The van der Waals surface area contributed by atoms with Crippen molar-refractivity contribution in [3.63, 3.8) is 0 Å². The first kappa shape index (κ1) is 42.4. The third kappa shape index (κ3) is 13.7. The molecule has 242 valence electrons. The van der Waals surface area contributed by atoms with Crippen molar-refractivity contribution in [3.05, 3.63) is 36.1 Å². The number of ether oxygens (including phenoxy) is 3. The molecule has 2 heterocycles. The number of amidine groups is 2. The third-order valence-electron chi connectivity index (χ3n) is 6.39. The van der Waals surface area contributed by atoms with Gasteiger partial charge in [0.25, 0.3) is 0 Å². The summed E-state index contributed by atoms with van der Waals surface area (Å²) < 4.78 is 18.7. The summed E-state index contributed by atoms with van der Waals surface area (Å²) in [5.74, 6) is 5.83. The van der Waals surface area contributed by atoms with Crippen LogP contribution in [0.15, 0.2) is 32.6 Å². The molecule has 3 atom stereocenters. The number of nitrogens with one attached hydrogen (secondary N) is 2. The van der Waals surface area contributed by atoms with Gasteiger partial charge in [0.15, 0.2) is 18.4 Å². The van der Waals surface area contributed by atoms with Crippen molar-refractivity contribution < 1.29 is 51.0 Å². The zero-order valence-electron chi connectivity index (χ0n) is 25.0. The summed E-state index contributed by atoms with van der Waals surface area (Å²) in [5, 5.41) is 31.9. The molecule has 2 aliphatic rings. The van der Waals surface area contributed by atoms with Crippen LogP contribution < -0.4 is 11.2 Å². The molecule has 1 aliphatic carbocycles. The topological polar surface area (TPSA) is 216 Å². The number of allylic oxidation sites excluding steroid dienone is 1. The summed E-state index contributed by atoms with van der Waals surface area (Å²) in [4.78, 5) is 5.00. The first-order valence-electron chi connectivity index (χ1n) is 13.3. The molecule has 3 rings (SSSR count). The van der Waals surface area contributed by atoms with Gasteiger partial charge in [-0.1, -0.05) is 37.8 Å². The minimum atomic E-state index is -1.14. The van der Waals surface area contributed by atoms with Gasteiger partial charge < -0.3 is 48.5 Å². The molecule has 2 fully saturated rings. The fourth-order valence-corrected chi connectivity index (χ4v) is 4.57. The molecule has 1 aliphatic heterocycles. The molecular formula is C26H48ClN8O6W-. The van der Waals surface area contributed by atoms with Crippen molar-refractivity contribution in [2.45, 2.75) is 89.9 Å². The molecule has 0 bridgehead atoms. The number of aliphatic hydroxyl groups is 2. The van der Waals surface area contributed by atoms with Crippen molar-refractivity contribution in [3.8, 4) is 0 Å². The molecule has 1 aromatic heterocycles. The van der Waals surface area contributed by atoms with Crippen LogP contribution in [-0.2, 0) is 35.3 Å². The van der Waals surface area contributed by atoms with E-state index in [0.29, 0.717) is 5.16 Å². The number of aliphatic hydroxyl groups excluding tert-OH is 2. The Morgan fingerprint density at radius 3 is 2.64 bits per heavy atom. The van der Waals surface area contributed by atoms with E-state index in [2.05, 4.69) is 27.6 Å². The van der Waals surface area contributed by atoms with E-state index in [1.54, 1.807) is 0 Å². The van der Waals surface area contributed by atoms with Crippen LogP contribution in [0.1, 0.15) is 75.8 Å². The average molecular weight is 788 g/mol. The summed E-state index contributed by atoms with van der Waals surface area (Å²) in [5.41, 5.74) is 8.73. The number of unbranched alkanes of at least 4 members (excludes halogenated alkanes) is 1. The van der Waals surface area contributed by atoms with Crippen molar-refractivity contribution in [2.24, 2.45) is 21.1 Å². The number of nitrogens with two attached hydrogens (primary N) is 1. The Bertz CT molecular complexity index is 975. The Balaban J connectivity index is 0. The fraction of sp³-hybridized carbons (Fsp3) is 0.692. The van der Waals surface area contributed by atoms with Gasteiger partial charge in [-0.2, -0.15) is 10.2 Å². The quantitative estimate of drug-likeness (QED) is 0.0292. The molecule has 14 nitrogen and oxygen atoms in total. The number of halogens is 1. The molecule has 1 aromatic rings. The maximum Gasteiger partial charge on any atom is 0.195 e. The van der Waals surface area contributed by atoms with E-state index in [1.807, 2.05) is 23.9 Å². The van der Waals surface area contributed by atoms with Crippen LogP contribution in [0, 0.1) is 19.9 Å². The number of hydrogen-bond donors (Lipinski definition) is 5. The minimum Gasteiger partial charge on any atom is -0.412 e. The molecule has 42 heavy (non-hydrogen) atoms. The maximum atomic E-state index is 10.00. The van der Waals surface area contributed by atoms with E-state index in [9.17, 15) is 5.11 Å². The smallest absolute Gasteiger partial charge is 0.195 e. The van der Waals surface area contributed by atoms with Gasteiger partial charge in [0.1, 0.15) is 17.6 Å². The van der Waals surface area contributed by atoms with Crippen LogP contribution in [0.3, 0.4) is 0 Å². The van der Waals surface area contributed by atoms with Crippen molar-refractivity contribution in [2.75, 3.05) is 26.9 Å². The van der Waals surface area contributed by atoms with Gasteiger partial charge in [-0.15, -0.1) is 5.11 Å². The average Bonchev–Trinajstić information content (AvgIpc) is 3.71. The molecule has 0 aromatic carbocycles. The molecule has 0 spiro atoms. The van der Waals surface area contributed by atoms with Crippen LogP contribution in [-0.4, -0.2) is 82.5 Å². The largest absolute Gasteiger partial charge is 0.412 e. The third-order valence-corrected chi connectivity index (χ3v) is 6.64. The van der Waals surface area contributed by atoms with Gasteiger partial charge in [0.05, 0.1) is 37.1 Å². The standard InChI is InChI=1S/C24H39ClN8O4.CH4O.CH3.H2O.W/c1-3-4-9-20(25)30-24(29-17-7-5-6-8-17)19-12-28-33(16(19)2)22-11-10-18(37-22)13-36-23(34)15-35-14-21(31-26)32-27;1-2;;;/h9,12,17-18,22-23,26,34H,3-8,10-11,13-15,27H2,1-2H3,(H,29,30);2H,1H3;1H3;1H2;/q;;-1;;/b20-9+,31-26?,32-21-;;;;. The second-order valence-corrected chi connectivity index (χ2v) is 9.63. The SMILES string of the molecule is CCC/C=C(\Cl)NC(=NC1CCCC1)c1cnn(C2CCC(COC(O)COC/C(N=N)=N/N)O2)c1C.CO.O.[CH3-].[W]. The van der Waals surface area contributed by atoms with Crippen LogP contribution in [0.5, 0.6) is 0 Å². The number of hydrazone groups is 1. The second-order valence-electron chi connectivity index (χ2n) is 9.22. The summed E-state index contributed by atoms with van der Waals surface area (Å²) in [7, 11) is 1.00. The Morgan fingerprint density at radius 1 is 1.33 bits per heavy atom. The van der Waals surface area contributed by atoms with E-state index in [0.717, 1.165) is 62.7 Å². The second kappa shape index (κ2) is 23.7. The van der Waals surface area contributed by atoms with Gasteiger partial charge in [-0.05, 0) is 45.1 Å². The first-order valence-corrected chi connectivity index (χ1v) is 13.7. The monoisotopic (exact) mass is 787 g/mol. The van der Waals surface area contributed by atoms with Crippen LogP contribution in [0.25, 0.3) is 0 Å². The number of hydrogen-bond acceptors (Lipinski definition) is 10. The minimum absolute atomic E-state index is 0. The van der Waals surface area contributed by atoms with Gasteiger partial charge >= 0.3 is 0 Å². The molecule has 3 unspecified atom stereocenters. The number of aromatic nitrogens is 2. The Morgan fingerprint density at radius 2 is 2.02 bits per heavy atom. The predicted octanol–water partition coefficient (Wildman–Crippen LogP) is 2.91. The molecule has 0 amide bonds. The van der Waals surface area contributed by atoms with E-state index >= 15 is 0 Å². The number of nitrogens with zero attached hydrogens (tertiary/aromatic N) is 5. The molecular weight excluding hydrogens is 740 g/mol. The Hall–Kier alpha value is -1.77. The molecule has 0 radical (unpaired) electrons. The summed E-state index contributed by atoms with van der Waals surface area (Å²) >= 11 is 6.47. The van der Waals surface area contributed by atoms with Crippen molar-refractivity contribution in [1.82, 2.24) is 15.1 Å². The first-order chi connectivity index (χ1) is 18.9.